The molecule has 2 rings (SSSR count). The third-order valence-electron chi connectivity index (χ3n) is 2.17. The Labute approximate surface area is 87.5 Å². The summed E-state index contributed by atoms with van der Waals surface area (Å²) in [6.45, 7) is 1.81. The van der Waals surface area contributed by atoms with Crippen LogP contribution < -0.4 is 5.73 Å². The van der Waals surface area contributed by atoms with Crippen molar-refractivity contribution in [2.24, 2.45) is 0 Å². The first-order chi connectivity index (χ1) is 7.16. The highest BCUT2D eigenvalue weighted by Gasteiger charge is 2.10. The minimum atomic E-state index is -0.0492. The standard InChI is InChI=1S/C12H11NO2/c1-8-6-10(7-15-8)12(14)9-2-4-11(13)5-3-9/h2-7H,13H2,1H3. The molecule has 3 nitrogen and oxygen atoms in total. The van der Waals surface area contributed by atoms with Gasteiger partial charge in [0, 0.05) is 11.3 Å². The molecule has 3 heteroatoms. The number of nitrogen functional groups attached to an aromatic ring is 1. The second-order valence-corrected chi connectivity index (χ2v) is 3.40. The summed E-state index contributed by atoms with van der Waals surface area (Å²) in [5.41, 5.74) is 7.37. The smallest absolute Gasteiger partial charge is 0.196 e. The van der Waals surface area contributed by atoms with Gasteiger partial charge >= 0.3 is 0 Å². The van der Waals surface area contributed by atoms with E-state index in [9.17, 15) is 4.79 Å². The van der Waals surface area contributed by atoms with Crippen LogP contribution in [0.5, 0.6) is 0 Å². The Morgan fingerprint density at radius 2 is 1.87 bits per heavy atom. The minimum absolute atomic E-state index is 0.0492. The molecular weight excluding hydrogens is 190 g/mol. The van der Waals surface area contributed by atoms with Crippen LogP contribution >= 0.6 is 0 Å². The highest BCUT2D eigenvalue weighted by Crippen LogP contribution is 2.14. The number of anilines is 1. The first-order valence-corrected chi connectivity index (χ1v) is 4.62. The Balaban J connectivity index is 2.32. The minimum Gasteiger partial charge on any atom is -0.469 e. The number of carbonyl (C=O) groups is 1. The van der Waals surface area contributed by atoms with Crippen LogP contribution in [-0.4, -0.2) is 5.78 Å². The molecule has 0 atom stereocenters. The maximum atomic E-state index is 11.9. The highest BCUT2D eigenvalue weighted by atomic mass is 16.3. The average molecular weight is 201 g/mol. The van der Waals surface area contributed by atoms with Crippen molar-refractivity contribution >= 4 is 11.5 Å². The summed E-state index contributed by atoms with van der Waals surface area (Å²) in [6, 6.07) is 8.55. The molecule has 1 heterocycles. The Morgan fingerprint density at radius 3 is 2.40 bits per heavy atom. The molecule has 0 radical (unpaired) electrons. The van der Waals surface area contributed by atoms with E-state index in [0.29, 0.717) is 16.8 Å². The average Bonchev–Trinajstić information content (AvgIpc) is 2.65. The number of rotatable bonds is 2. The van der Waals surface area contributed by atoms with Crippen LogP contribution in [0.25, 0.3) is 0 Å². The van der Waals surface area contributed by atoms with Crippen molar-refractivity contribution in [1.29, 1.82) is 0 Å². The number of nitrogens with two attached hydrogens (primary N) is 1. The fourth-order valence-corrected chi connectivity index (χ4v) is 1.36. The summed E-state index contributed by atoms with van der Waals surface area (Å²) in [5, 5.41) is 0. The van der Waals surface area contributed by atoms with Gasteiger partial charge in [0.25, 0.3) is 0 Å². The lowest BCUT2D eigenvalue weighted by Crippen LogP contribution is -1.99. The molecule has 0 fully saturated rings. The number of hydrogen-bond acceptors (Lipinski definition) is 3. The molecule has 0 aliphatic heterocycles. The Kier molecular flexibility index (Phi) is 2.29. The van der Waals surface area contributed by atoms with Gasteiger partial charge < -0.3 is 10.2 Å². The monoisotopic (exact) mass is 201 g/mol. The summed E-state index contributed by atoms with van der Waals surface area (Å²) in [7, 11) is 0. The van der Waals surface area contributed by atoms with E-state index in [-0.39, 0.29) is 5.78 Å². The molecule has 0 aliphatic carbocycles. The second-order valence-electron chi connectivity index (χ2n) is 3.40. The molecule has 1 aromatic carbocycles. The van der Waals surface area contributed by atoms with Gasteiger partial charge in [0.2, 0.25) is 0 Å². The zero-order valence-corrected chi connectivity index (χ0v) is 8.36. The van der Waals surface area contributed by atoms with E-state index < -0.39 is 0 Å². The van der Waals surface area contributed by atoms with Crippen molar-refractivity contribution in [3.05, 3.63) is 53.5 Å². The third kappa shape index (κ3) is 1.91. The molecule has 0 aliphatic rings. The molecule has 76 valence electrons. The van der Waals surface area contributed by atoms with E-state index in [1.807, 2.05) is 0 Å². The summed E-state index contributed by atoms with van der Waals surface area (Å²) >= 11 is 0. The quantitative estimate of drug-likeness (QED) is 0.599. The number of carbonyl (C=O) groups excluding carboxylic acids is 1. The predicted octanol–water partition coefficient (Wildman–Crippen LogP) is 2.40. The largest absolute Gasteiger partial charge is 0.469 e. The number of ketones is 1. The lowest BCUT2D eigenvalue weighted by molar-refractivity contribution is 0.103. The lowest BCUT2D eigenvalue weighted by Gasteiger charge is -1.97. The molecule has 0 saturated heterocycles. The topological polar surface area (TPSA) is 56.2 Å². The number of aryl methyl sites for hydroxylation is 1. The van der Waals surface area contributed by atoms with Crippen molar-refractivity contribution in [2.75, 3.05) is 5.73 Å². The second kappa shape index (κ2) is 3.61. The molecule has 0 bridgehead atoms. The van der Waals surface area contributed by atoms with E-state index >= 15 is 0 Å². The van der Waals surface area contributed by atoms with Crippen LogP contribution in [0.2, 0.25) is 0 Å². The zero-order chi connectivity index (χ0) is 10.8. The van der Waals surface area contributed by atoms with Gasteiger partial charge in [-0.3, -0.25) is 4.79 Å². The Hall–Kier alpha value is -2.03. The molecule has 0 amide bonds. The fourth-order valence-electron chi connectivity index (χ4n) is 1.36. The summed E-state index contributed by atoms with van der Waals surface area (Å²) in [6.07, 6.45) is 1.47. The van der Waals surface area contributed by atoms with E-state index in [0.717, 1.165) is 5.76 Å². The Morgan fingerprint density at radius 1 is 1.20 bits per heavy atom. The molecule has 0 unspecified atom stereocenters. The zero-order valence-electron chi connectivity index (χ0n) is 8.36. The summed E-state index contributed by atoms with van der Waals surface area (Å²) < 4.78 is 5.09. The van der Waals surface area contributed by atoms with E-state index in [2.05, 4.69) is 0 Å². The Bertz CT molecular complexity index is 483. The summed E-state index contributed by atoms with van der Waals surface area (Å²) in [4.78, 5) is 11.9. The maximum Gasteiger partial charge on any atom is 0.196 e. The number of furan rings is 1. The molecule has 2 aromatic rings. The van der Waals surface area contributed by atoms with E-state index in [1.54, 1.807) is 37.3 Å². The normalized spacial score (nSPS) is 10.2. The van der Waals surface area contributed by atoms with Gasteiger partial charge in [0.1, 0.15) is 12.0 Å². The van der Waals surface area contributed by atoms with Crippen molar-refractivity contribution < 1.29 is 9.21 Å². The van der Waals surface area contributed by atoms with E-state index in [4.69, 9.17) is 10.2 Å². The van der Waals surface area contributed by atoms with Crippen molar-refractivity contribution in [1.82, 2.24) is 0 Å². The maximum absolute atomic E-state index is 11.9. The van der Waals surface area contributed by atoms with Gasteiger partial charge in [0.05, 0.1) is 5.56 Å². The van der Waals surface area contributed by atoms with Gasteiger partial charge in [-0.2, -0.15) is 0 Å². The van der Waals surface area contributed by atoms with Gasteiger partial charge in [-0.05, 0) is 37.3 Å². The highest BCUT2D eigenvalue weighted by molar-refractivity contribution is 6.08. The van der Waals surface area contributed by atoms with Gasteiger partial charge in [-0.15, -0.1) is 0 Å². The van der Waals surface area contributed by atoms with Crippen molar-refractivity contribution in [3.63, 3.8) is 0 Å². The van der Waals surface area contributed by atoms with Crippen LogP contribution in [-0.2, 0) is 0 Å². The van der Waals surface area contributed by atoms with Crippen molar-refractivity contribution in [3.8, 4) is 0 Å². The SMILES string of the molecule is Cc1cc(C(=O)c2ccc(N)cc2)co1. The van der Waals surface area contributed by atoms with Gasteiger partial charge in [-0.25, -0.2) is 0 Å². The fraction of sp³-hybridized carbons (Fsp3) is 0.0833. The number of benzene rings is 1. The van der Waals surface area contributed by atoms with Crippen LogP contribution in [0.3, 0.4) is 0 Å². The molecular formula is C12H11NO2. The third-order valence-corrected chi connectivity index (χ3v) is 2.17. The molecule has 1 aromatic heterocycles. The molecule has 2 N–H and O–H groups in total. The van der Waals surface area contributed by atoms with Crippen LogP contribution in [0.15, 0.2) is 41.0 Å². The van der Waals surface area contributed by atoms with E-state index in [1.165, 1.54) is 6.26 Å². The lowest BCUT2D eigenvalue weighted by atomic mass is 10.1. The van der Waals surface area contributed by atoms with Crippen LogP contribution in [0.1, 0.15) is 21.7 Å². The molecule has 0 saturated carbocycles. The first-order valence-electron chi connectivity index (χ1n) is 4.62. The predicted molar refractivity (Wildman–Crippen MR) is 57.7 cm³/mol. The first kappa shape index (κ1) is 9.52. The van der Waals surface area contributed by atoms with Crippen LogP contribution in [0, 0.1) is 6.92 Å². The van der Waals surface area contributed by atoms with Gasteiger partial charge in [0.15, 0.2) is 5.78 Å². The number of hydrogen-bond donors (Lipinski definition) is 1. The molecule has 15 heavy (non-hydrogen) atoms. The summed E-state index contributed by atoms with van der Waals surface area (Å²) in [5.74, 6) is 0.681. The van der Waals surface area contributed by atoms with Gasteiger partial charge in [-0.1, -0.05) is 0 Å². The molecule has 0 spiro atoms. The van der Waals surface area contributed by atoms with Crippen molar-refractivity contribution in [2.45, 2.75) is 6.92 Å². The van der Waals surface area contributed by atoms with Crippen LogP contribution in [0.4, 0.5) is 5.69 Å².